The Hall–Kier alpha value is -4.25. The molecule has 0 bridgehead atoms. The Morgan fingerprint density at radius 2 is 1.90 bits per heavy atom. The third-order valence-corrected chi connectivity index (χ3v) is 7.65. The van der Waals surface area contributed by atoms with Crippen LogP contribution >= 0.6 is 23.8 Å². The maximum atomic E-state index is 12.1. The number of ether oxygens (including phenoxy) is 1. The van der Waals surface area contributed by atoms with Gasteiger partial charge in [0.2, 0.25) is 5.91 Å². The molecular weight excluding hydrogens is 562 g/mol. The lowest BCUT2D eigenvalue weighted by Gasteiger charge is -2.28. The molecule has 0 saturated carbocycles. The number of aromatic nitrogens is 2. The van der Waals surface area contributed by atoms with Crippen molar-refractivity contribution in [2.45, 2.75) is 25.9 Å². The number of methoxy groups -OCH3 is 1. The third-order valence-electron chi connectivity index (χ3n) is 7.02. The molecule has 1 fully saturated rings. The molecule has 2 aromatic carbocycles. The number of carbonyl (C=O) groups is 2. The molecule has 11 heteroatoms. The molecule has 9 nitrogen and oxygen atoms in total. The zero-order chi connectivity index (χ0) is 29.3. The Labute approximate surface area is 247 Å². The van der Waals surface area contributed by atoms with Crippen molar-refractivity contribution >= 4 is 52.2 Å². The third kappa shape index (κ3) is 5.54. The zero-order valence-electron chi connectivity index (χ0n) is 22.6. The Morgan fingerprint density at radius 1 is 1.10 bits per heavy atom. The lowest BCUT2D eigenvalue weighted by Crippen LogP contribution is -2.29. The number of rotatable bonds is 8. The molecule has 210 valence electrons. The standard InChI is InChI=1S/C30H28ClN5O4S/c1-17-13-22(18(2)35(17)20-8-6-7-19(14-20)29(38)39)28-27(25-9-4-5-12-32-25)34-30(41)36(28)21-10-11-24(23(31)15-21)33-26(37)16-40-3/h4-15,27-28H,16H2,1-3H3,(H,33,37)(H,34,41)(H,38,39). The van der Waals surface area contributed by atoms with E-state index in [1.54, 1.807) is 36.5 Å². The van der Waals surface area contributed by atoms with E-state index < -0.39 is 5.97 Å². The zero-order valence-corrected chi connectivity index (χ0v) is 24.2. The van der Waals surface area contributed by atoms with Crippen molar-refractivity contribution in [1.29, 1.82) is 0 Å². The lowest BCUT2D eigenvalue weighted by atomic mass is 9.96. The fourth-order valence-corrected chi connectivity index (χ4v) is 5.85. The number of carbonyl (C=O) groups excluding carboxylic acids is 1. The fraction of sp³-hybridized carbons (Fsp3) is 0.200. The maximum Gasteiger partial charge on any atom is 0.335 e. The molecule has 0 aliphatic carbocycles. The smallest absolute Gasteiger partial charge is 0.335 e. The van der Waals surface area contributed by atoms with Gasteiger partial charge in [0.1, 0.15) is 6.61 Å². The second-order valence-corrected chi connectivity index (χ2v) is 10.5. The van der Waals surface area contributed by atoms with Crippen molar-refractivity contribution in [2.75, 3.05) is 23.9 Å². The van der Waals surface area contributed by atoms with Crippen molar-refractivity contribution in [2.24, 2.45) is 0 Å². The molecule has 1 aliphatic heterocycles. The summed E-state index contributed by atoms with van der Waals surface area (Å²) in [5, 5.41) is 16.6. The summed E-state index contributed by atoms with van der Waals surface area (Å²) < 4.78 is 6.94. The van der Waals surface area contributed by atoms with Crippen LogP contribution in [0, 0.1) is 13.8 Å². The molecule has 2 aromatic heterocycles. The van der Waals surface area contributed by atoms with Crippen LogP contribution in [0.5, 0.6) is 0 Å². The normalized spacial score (nSPS) is 16.5. The highest BCUT2D eigenvalue weighted by molar-refractivity contribution is 7.80. The molecular formula is C30H28ClN5O4S. The van der Waals surface area contributed by atoms with E-state index in [0.29, 0.717) is 15.8 Å². The van der Waals surface area contributed by atoms with Gasteiger partial charge in [-0.25, -0.2) is 4.79 Å². The van der Waals surface area contributed by atoms with Gasteiger partial charge in [-0.2, -0.15) is 0 Å². The van der Waals surface area contributed by atoms with Gasteiger partial charge in [-0.05, 0) is 86.2 Å². The molecule has 2 atom stereocenters. The number of nitrogens with zero attached hydrogens (tertiary/aromatic N) is 3. The van der Waals surface area contributed by atoms with Crippen LogP contribution in [0.15, 0.2) is 72.9 Å². The van der Waals surface area contributed by atoms with Gasteiger partial charge >= 0.3 is 5.97 Å². The van der Waals surface area contributed by atoms with Gasteiger partial charge in [0, 0.05) is 36.1 Å². The van der Waals surface area contributed by atoms with E-state index in [1.807, 2.05) is 53.6 Å². The maximum absolute atomic E-state index is 12.1. The quantitative estimate of drug-likeness (QED) is 0.228. The Morgan fingerprint density at radius 3 is 2.59 bits per heavy atom. The Kier molecular flexibility index (Phi) is 8.07. The topological polar surface area (TPSA) is 109 Å². The van der Waals surface area contributed by atoms with Gasteiger partial charge in [-0.1, -0.05) is 23.7 Å². The highest BCUT2D eigenvalue weighted by Crippen LogP contribution is 2.44. The van der Waals surface area contributed by atoms with Crippen LogP contribution in [0.4, 0.5) is 11.4 Å². The summed E-state index contributed by atoms with van der Waals surface area (Å²) in [6, 6.07) is 19.4. The number of hydrogen-bond acceptors (Lipinski definition) is 5. The number of aromatic carboxylic acids is 1. The van der Waals surface area contributed by atoms with Gasteiger partial charge in [0.25, 0.3) is 0 Å². The number of pyridine rings is 1. The summed E-state index contributed by atoms with van der Waals surface area (Å²) in [5.74, 6) is -1.30. The summed E-state index contributed by atoms with van der Waals surface area (Å²) in [6.07, 6.45) is 1.74. The van der Waals surface area contributed by atoms with Crippen LogP contribution in [0.25, 0.3) is 5.69 Å². The van der Waals surface area contributed by atoms with Crippen LogP contribution in [0.2, 0.25) is 5.02 Å². The van der Waals surface area contributed by atoms with Crippen molar-refractivity contribution in [3.8, 4) is 5.69 Å². The molecule has 2 unspecified atom stereocenters. The summed E-state index contributed by atoms with van der Waals surface area (Å²) in [7, 11) is 1.45. The van der Waals surface area contributed by atoms with E-state index in [-0.39, 0.29) is 30.2 Å². The molecule has 0 radical (unpaired) electrons. The second kappa shape index (κ2) is 11.7. The van der Waals surface area contributed by atoms with Crippen molar-refractivity contribution in [3.05, 3.63) is 106 Å². The van der Waals surface area contributed by atoms with Crippen LogP contribution in [-0.2, 0) is 9.53 Å². The average Bonchev–Trinajstić information content (AvgIpc) is 3.45. The van der Waals surface area contributed by atoms with Crippen LogP contribution < -0.4 is 15.5 Å². The minimum Gasteiger partial charge on any atom is -0.478 e. The van der Waals surface area contributed by atoms with Gasteiger partial charge in [0.05, 0.1) is 34.1 Å². The summed E-state index contributed by atoms with van der Waals surface area (Å²) in [4.78, 5) is 30.3. The number of hydrogen-bond donors (Lipinski definition) is 3. The lowest BCUT2D eigenvalue weighted by molar-refractivity contribution is -0.119. The summed E-state index contributed by atoms with van der Waals surface area (Å²) in [6.45, 7) is 3.91. The van der Waals surface area contributed by atoms with Crippen molar-refractivity contribution in [1.82, 2.24) is 14.9 Å². The molecule has 3 N–H and O–H groups in total. The second-order valence-electron chi connectivity index (χ2n) is 9.66. The van der Waals surface area contributed by atoms with Crippen LogP contribution in [0.1, 0.15) is 45.1 Å². The molecule has 4 aromatic rings. The molecule has 3 heterocycles. The van der Waals surface area contributed by atoms with Crippen LogP contribution in [-0.4, -0.2) is 45.4 Å². The predicted molar refractivity (Wildman–Crippen MR) is 162 cm³/mol. The first-order chi connectivity index (χ1) is 19.7. The first-order valence-corrected chi connectivity index (χ1v) is 13.6. The van der Waals surface area contributed by atoms with Gasteiger partial charge in [0.15, 0.2) is 5.11 Å². The first-order valence-electron chi connectivity index (χ1n) is 12.8. The van der Waals surface area contributed by atoms with Gasteiger partial charge in [-0.15, -0.1) is 0 Å². The molecule has 5 rings (SSSR count). The summed E-state index contributed by atoms with van der Waals surface area (Å²) >= 11 is 12.5. The van der Waals surface area contributed by atoms with E-state index in [4.69, 9.17) is 28.6 Å². The van der Waals surface area contributed by atoms with E-state index in [0.717, 1.165) is 34.0 Å². The molecule has 1 saturated heterocycles. The minimum atomic E-state index is -0.986. The number of benzene rings is 2. The molecule has 1 amide bonds. The number of amides is 1. The Balaban J connectivity index is 1.61. The Bertz CT molecular complexity index is 1640. The monoisotopic (exact) mass is 589 g/mol. The number of nitrogens with one attached hydrogen (secondary N) is 2. The fourth-order valence-electron chi connectivity index (χ4n) is 5.28. The largest absolute Gasteiger partial charge is 0.478 e. The molecule has 1 aliphatic rings. The number of thiocarbonyl (C=S) groups is 1. The minimum absolute atomic E-state index is 0.0863. The predicted octanol–water partition coefficient (Wildman–Crippen LogP) is 5.60. The SMILES string of the molecule is COCC(=O)Nc1ccc(N2C(=S)NC(c3ccccn3)C2c2cc(C)n(-c3cccc(C(=O)O)c3)c2C)cc1Cl. The molecule has 41 heavy (non-hydrogen) atoms. The van der Waals surface area contributed by atoms with Gasteiger partial charge < -0.3 is 29.9 Å². The van der Waals surface area contributed by atoms with Crippen LogP contribution in [0.3, 0.4) is 0 Å². The van der Waals surface area contributed by atoms with Gasteiger partial charge in [-0.3, -0.25) is 9.78 Å². The van der Waals surface area contributed by atoms with E-state index in [1.165, 1.54) is 7.11 Å². The first kappa shape index (κ1) is 28.3. The van der Waals surface area contributed by atoms with Crippen molar-refractivity contribution < 1.29 is 19.4 Å². The average molecular weight is 590 g/mol. The van der Waals surface area contributed by atoms with E-state index in [2.05, 4.69) is 21.7 Å². The van der Waals surface area contributed by atoms with E-state index >= 15 is 0 Å². The highest BCUT2D eigenvalue weighted by atomic mass is 35.5. The van der Waals surface area contributed by atoms with Crippen molar-refractivity contribution in [3.63, 3.8) is 0 Å². The number of aryl methyl sites for hydroxylation is 1. The number of carboxylic acid groups (broad SMARTS) is 1. The van der Waals surface area contributed by atoms with E-state index in [9.17, 15) is 14.7 Å². The number of anilines is 2. The number of halogens is 1. The summed E-state index contributed by atoms with van der Waals surface area (Å²) in [5.41, 5.74) is 5.83. The molecule has 0 spiro atoms. The highest BCUT2D eigenvalue weighted by Gasteiger charge is 2.42. The number of carboxylic acids is 1.